The summed E-state index contributed by atoms with van der Waals surface area (Å²) >= 11 is 0. The van der Waals surface area contributed by atoms with Gasteiger partial charge in [0.15, 0.2) is 17.3 Å². The molecule has 37 heavy (non-hydrogen) atoms. The van der Waals surface area contributed by atoms with Gasteiger partial charge in [-0.15, -0.1) is 0 Å². The van der Waals surface area contributed by atoms with Crippen LogP contribution in [0.5, 0.6) is 0 Å². The molecule has 3 heterocycles. The van der Waals surface area contributed by atoms with Gasteiger partial charge in [0.25, 0.3) is 0 Å². The first-order chi connectivity index (χ1) is 17.7. The van der Waals surface area contributed by atoms with Gasteiger partial charge in [-0.05, 0) is 67.9 Å². The van der Waals surface area contributed by atoms with Crippen LogP contribution >= 0.6 is 0 Å². The Morgan fingerprint density at radius 3 is 2.46 bits per heavy atom. The summed E-state index contributed by atoms with van der Waals surface area (Å²) in [6.45, 7) is 9.26. The number of nitrogens with one attached hydrogen (secondary N) is 2. The number of aromatic nitrogens is 5. The van der Waals surface area contributed by atoms with Gasteiger partial charge >= 0.3 is 5.97 Å². The molecular weight excluding hydrogens is 468 g/mol. The summed E-state index contributed by atoms with van der Waals surface area (Å²) in [5.74, 6) is 1.55. The van der Waals surface area contributed by atoms with E-state index < -0.39 is 5.97 Å². The maximum Gasteiger partial charge on any atom is 0.374 e. The third kappa shape index (κ3) is 5.26. The predicted molar refractivity (Wildman–Crippen MR) is 144 cm³/mol. The molecule has 5 rings (SSSR count). The fraction of sp³-hybridized carbons (Fsp3) is 0.607. The normalized spacial score (nSPS) is 21.2. The SMILES string of the molecule is CC1CCC(Cn2c(-c3cc(C(C)C)cc(=O)[nH]3)nc3nc(C(=O)O)nc(NC(C)C4CCC4)c32)CC1. The zero-order valence-corrected chi connectivity index (χ0v) is 22.3. The van der Waals surface area contributed by atoms with Crippen molar-refractivity contribution < 1.29 is 9.90 Å². The third-order valence-corrected chi connectivity index (χ3v) is 8.37. The first-order valence-corrected chi connectivity index (χ1v) is 13.7. The van der Waals surface area contributed by atoms with Crippen LogP contribution in [0.1, 0.15) is 94.7 Å². The van der Waals surface area contributed by atoms with Crippen molar-refractivity contribution in [2.75, 3.05) is 5.32 Å². The summed E-state index contributed by atoms with van der Waals surface area (Å²) < 4.78 is 2.12. The predicted octanol–water partition coefficient (Wildman–Crippen LogP) is 5.43. The molecule has 0 amide bonds. The number of anilines is 1. The quantitative estimate of drug-likeness (QED) is 0.372. The minimum atomic E-state index is -1.19. The van der Waals surface area contributed by atoms with Crippen LogP contribution in [0.25, 0.3) is 22.7 Å². The van der Waals surface area contributed by atoms with Crippen LogP contribution in [0.2, 0.25) is 0 Å². The largest absolute Gasteiger partial charge is 0.475 e. The van der Waals surface area contributed by atoms with E-state index in [4.69, 9.17) is 4.98 Å². The zero-order valence-electron chi connectivity index (χ0n) is 22.3. The number of imidazole rings is 1. The van der Waals surface area contributed by atoms with Crippen LogP contribution in [-0.2, 0) is 6.54 Å². The summed E-state index contributed by atoms with van der Waals surface area (Å²) in [7, 11) is 0. The summed E-state index contributed by atoms with van der Waals surface area (Å²) in [6.07, 6.45) is 8.16. The summed E-state index contributed by atoms with van der Waals surface area (Å²) in [4.78, 5) is 41.1. The Morgan fingerprint density at radius 1 is 1.11 bits per heavy atom. The average Bonchev–Trinajstić information content (AvgIpc) is 3.17. The molecule has 9 nitrogen and oxygen atoms in total. The lowest BCUT2D eigenvalue weighted by Gasteiger charge is -2.32. The first-order valence-electron chi connectivity index (χ1n) is 13.7. The van der Waals surface area contributed by atoms with Crippen molar-refractivity contribution in [1.29, 1.82) is 0 Å². The molecule has 0 radical (unpaired) electrons. The Kier molecular flexibility index (Phi) is 7.05. The molecule has 198 valence electrons. The van der Waals surface area contributed by atoms with Crippen molar-refractivity contribution in [3.63, 3.8) is 0 Å². The van der Waals surface area contributed by atoms with E-state index in [0.29, 0.717) is 40.3 Å². The van der Waals surface area contributed by atoms with Gasteiger partial charge in [0.2, 0.25) is 11.4 Å². The van der Waals surface area contributed by atoms with E-state index in [1.54, 1.807) is 6.07 Å². The molecule has 2 fully saturated rings. The second kappa shape index (κ2) is 10.3. The van der Waals surface area contributed by atoms with Crippen molar-refractivity contribution in [3.8, 4) is 11.5 Å². The summed E-state index contributed by atoms with van der Waals surface area (Å²) in [6, 6.07) is 3.75. The fourth-order valence-corrected chi connectivity index (χ4v) is 5.68. The van der Waals surface area contributed by atoms with Gasteiger partial charge in [-0.3, -0.25) is 4.79 Å². The van der Waals surface area contributed by atoms with Gasteiger partial charge in [0.05, 0.1) is 5.69 Å². The van der Waals surface area contributed by atoms with E-state index in [1.807, 2.05) is 6.07 Å². The van der Waals surface area contributed by atoms with Gasteiger partial charge in [-0.1, -0.05) is 40.0 Å². The third-order valence-electron chi connectivity index (χ3n) is 8.37. The number of carboxylic acids is 1. The molecule has 9 heteroatoms. The highest BCUT2D eigenvalue weighted by Crippen LogP contribution is 2.36. The number of pyridine rings is 1. The molecule has 0 aliphatic heterocycles. The Hall–Kier alpha value is -3.23. The van der Waals surface area contributed by atoms with Crippen molar-refractivity contribution in [1.82, 2.24) is 24.5 Å². The maximum atomic E-state index is 12.6. The molecule has 2 saturated carbocycles. The Balaban J connectivity index is 1.68. The molecule has 1 atom stereocenters. The molecule has 3 aromatic heterocycles. The summed E-state index contributed by atoms with van der Waals surface area (Å²) in [5, 5.41) is 13.3. The van der Waals surface area contributed by atoms with E-state index in [9.17, 15) is 14.7 Å². The Morgan fingerprint density at radius 2 is 1.84 bits per heavy atom. The van der Waals surface area contributed by atoms with Crippen LogP contribution in [0.3, 0.4) is 0 Å². The molecule has 0 bridgehead atoms. The van der Waals surface area contributed by atoms with Crippen molar-refractivity contribution in [3.05, 3.63) is 33.9 Å². The van der Waals surface area contributed by atoms with Crippen molar-refractivity contribution >= 4 is 23.0 Å². The smallest absolute Gasteiger partial charge is 0.374 e. The molecule has 0 aromatic carbocycles. The van der Waals surface area contributed by atoms with Crippen LogP contribution in [0, 0.1) is 17.8 Å². The number of carbonyl (C=O) groups is 1. The number of fused-ring (bicyclic) bond motifs is 1. The molecule has 2 aliphatic rings. The lowest BCUT2D eigenvalue weighted by atomic mass is 9.80. The van der Waals surface area contributed by atoms with E-state index in [1.165, 1.54) is 19.3 Å². The fourth-order valence-electron chi connectivity index (χ4n) is 5.68. The minimum Gasteiger partial charge on any atom is -0.475 e. The Bertz CT molecular complexity index is 1350. The van der Waals surface area contributed by atoms with Crippen LogP contribution in [0.15, 0.2) is 16.9 Å². The van der Waals surface area contributed by atoms with Crippen molar-refractivity contribution in [2.24, 2.45) is 17.8 Å². The van der Waals surface area contributed by atoms with E-state index in [-0.39, 0.29) is 23.3 Å². The standard InChI is InChI=1S/C28H38N6O3/c1-15(2)20-12-21(30-22(35)13-20)27-33-25-23(34(27)14-18-10-8-16(3)9-11-18)24(31-26(32-25)28(36)37)29-17(4)19-6-5-7-19/h12-13,15-19H,5-11,14H2,1-4H3,(H,30,35)(H,36,37)(H,29,31,32). The number of aromatic carboxylic acids is 1. The van der Waals surface area contributed by atoms with Gasteiger partial charge in [0.1, 0.15) is 5.52 Å². The molecular formula is C28H38N6O3. The molecule has 0 spiro atoms. The number of nitrogens with zero attached hydrogens (tertiary/aromatic N) is 4. The van der Waals surface area contributed by atoms with Gasteiger partial charge in [0, 0.05) is 18.7 Å². The molecule has 3 aromatic rings. The highest BCUT2D eigenvalue weighted by Gasteiger charge is 2.29. The van der Waals surface area contributed by atoms with Gasteiger partial charge < -0.3 is 20.0 Å². The zero-order chi connectivity index (χ0) is 26.3. The van der Waals surface area contributed by atoms with E-state index in [0.717, 1.165) is 43.7 Å². The number of rotatable bonds is 8. The summed E-state index contributed by atoms with van der Waals surface area (Å²) in [5.41, 5.74) is 2.41. The Labute approximate surface area is 217 Å². The van der Waals surface area contributed by atoms with E-state index in [2.05, 4.69) is 52.5 Å². The first kappa shape index (κ1) is 25.4. The molecule has 3 N–H and O–H groups in total. The molecule has 1 unspecified atom stereocenters. The minimum absolute atomic E-state index is 0.153. The van der Waals surface area contributed by atoms with Crippen LogP contribution < -0.4 is 10.9 Å². The molecule has 0 saturated heterocycles. The van der Waals surface area contributed by atoms with Crippen LogP contribution in [-0.4, -0.2) is 41.6 Å². The highest BCUT2D eigenvalue weighted by atomic mass is 16.4. The monoisotopic (exact) mass is 506 g/mol. The lowest BCUT2D eigenvalue weighted by molar-refractivity contribution is 0.0684. The number of H-pyrrole nitrogens is 1. The topological polar surface area (TPSA) is 126 Å². The van der Waals surface area contributed by atoms with Gasteiger partial charge in [-0.2, -0.15) is 0 Å². The second-order valence-corrected chi connectivity index (χ2v) is 11.5. The molecule has 2 aliphatic carbocycles. The lowest BCUT2D eigenvalue weighted by Crippen LogP contribution is -2.31. The number of carboxylic acid groups (broad SMARTS) is 1. The second-order valence-electron chi connectivity index (χ2n) is 11.5. The van der Waals surface area contributed by atoms with Crippen LogP contribution in [0.4, 0.5) is 5.82 Å². The van der Waals surface area contributed by atoms with E-state index >= 15 is 0 Å². The van der Waals surface area contributed by atoms with Gasteiger partial charge in [-0.25, -0.2) is 19.7 Å². The number of hydrogen-bond donors (Lipinski definition) is 3. The average molecular weight is 507 g/mol. The number of hydrogen-bond acceptors (Lipinski definition) is 6. The highest BCUT2D eigenvalue weighted by molar-refractivity contribution is 5.92. The maximum absolute atomic E-state index is 12.6. The van der Waals surface area contributed by atoms with Crippen molar-refractivity contribution in [2.45, 2.75) is 91.1 Å². The number of aromatic amines is 1.